The van der Waals surface area contributed by atoms with Gasteiger partial charge < -0.3 is 9.11 Å². The first kappa shape index (κ1) is 13.6. The van der Waals surface area contributed by atoms with E-state index in [0.29, 0.717) is 0 Å². The third kappa shape index (κ3) is 11.8. The maximum Gasteiger partial charge on any atom is 1.00 e. The fourth-order valence-corrected chi connectivity index (χ4v) is 1.53. The monoisotopic (exact) mass is 195 g/mol. The second-order valence-corrected chi connectivity index (χ2v) is 3.81. The van der Waals surface area contributed by atoms with Crippen molar-refractivity contribution in [2.75, 3.05) is 11.5 Å². The minimum atomic E-state index is -4.36. The van der Waals surface area contributed by atoms with Crippen molar-refractivity contribution in [3.63, 3.8) is 0 Å². The van der Waals surface area contributed by atoms with E-state index in [-0.39, 0.29) is 29.6 Å². The largest absolute Gasteiger partial charge is 1.00 e. The Balaban J connectivity index is 0. The molecule has 0 heterocycles. The summed E-state index contributed by atoms with van der Waals surface area (Å²) < 4.78 is 48.4. The Bertz CT molecular complexity index is 196. The summed E-state index contributed by atoms with van der Waals surface area (Å²) in [6, 6.07) is 0. The van der Waals surface area contributed by atoms with Crippen LogP contribution in [-0.2, 0) is 21.2 Å². The molecular formula is C2H4NaO5S2-. The molecular weight excluding hydrogens is 191 g/mol. The van der Waals surface area contributed by atoms with Gasteiger partial charge in [-0.15, -0.1) is 0 Å². The molecule has 0 bridgehead atoms. The van der Waals surface area contributed by atoms with Crippen molar-refractivity contribution >= 4 is 21.2 Å². The molecule has 0 N–H and O–H groups in total. The van der Waals surface area contributed by atoms with Gasteiger partial charge in [-0.2, -0.15) is 0 Å². The summed E-state index contributed by atoms with van der Waals surface area (Å²) in [7, 11) is -4.36. The molecule has 0 spiro atoms. The Labute approximate surface area is 83.5 Å². The third-order valence-electron chi connectivity index (χ3n) is 0.500. The van der Waals surface area contributed by atoms with E-state index in [4.69, 9.17) is 0 Å². The van der Waals surface area contributed by atoms with Gasteiger partial charge in [-0.25, -0.2) is 8.42 Å². The topological polar surface area (TPSA) is 97.3 Å². The zero-order valence-corrected chi connectivity index (χ0v) is 8.90. The van der Waals surface area contributed by atoms with Crippen LogP contribution in [0.1, 0.15) is 0 Å². The summed E-state index contributed by atoms with van der Waals surface area (Å²) in [6.07, 6.45) is 0. The van der Waals surface area contributed by atoms with Crippen molar-refractivity contribution in [2.45, 2.75) is 0 Å². The molecule has 56 valence electrons. The first-order valence-electron chi connectivity index (χ1n) is 1.91. The molecule has 0 aromatic carbocycles. The van der Waals surface area contributed by atoms with E-state index >= 15 is 0 Å². The summed E-state index contributed by atoms with van der Waals surface area (Å²) in [6.45, 7) is 0. The number of rotatable bonds is 3. The van der Waals surface area contributed by atoms with Crippen LogP contribution in [0.3, 0.4) is 0 Å². The van der Waals surface area contributed by atoms with E-state index in [1.807, 2.05) is 0 Å². The molecule has 0 amide bonds. The second-order valence-electron chi connectivity index (χ2n) is 1.27. The fraction of sp³-hybridized carbons (Fsp3) is 1.00. The van der Waals surface area contributed by atoms with Crippen LogP contribution in [0.4, 0.5) is 0 Å². The molecule has 5 nitrogen and oxygen atoms in total. The molecule has 0 aromatic heterocycles. The van der Waals surface area contributed by atoms with Crippen LogP contribution in [0.2, 0.25) is 0 Å². The first-order valence-corrected chi connectivity index (χ1v) is 4.73. The van der Waals surface area contributed by atoms with Crippen molar-refractivity contribution in [1.29, 1.82) is 0 Å². The Kier molecular flexibility index (Phi) is 7.67. The van der Waals surface area contributed by atoms with Crippen LogP contribution in [-0.4, -0.2) is 33.2 Å². The normalized spacial score (nSPS) is 13.8. The number of hydrogen-bond donors (Lipinski definition) is 0. The standard InChI is InChI=1S/C2H6O5S2.Na/c3-8(4)1-2-9(5,6)7;/h1-2H2,(H,3,4)(H,5,6,7);/q;+1/p-2. The quantitative estimate of drug-likeness (QED) is 0.256. The van der Waals surface area contributed by atoms with Crippen molar-refractivity contribution in [3.8, 4) is 0 Å². The Morgan fingerprint density at radius 2 is 1.80 bits per heavy atom. The van der Waals surface area contributed by atoms with Crippen LogP contribution >= 0.6 is 0 Å². The molecule has 0 saturated heterocycles. The zero-order valence-electron chi connectivity index (χ0n) is 5.27. The second kappa shape index (κ2) is 5.64. The minimum absolute atomic E-state index is 0. The fourth-order valence-electron chi connectivity index (χ4n) is 0.170. The van der Waals surface area contributed by atoms with Gasteiger partial charge in [0.25, 0.3) is 0 Å². The van der Waals surface area contributed by atoms with Crippen molar-refractivity contribution in [1.82, 2.24) is 0 Å². The SMILES string of the molecule is O=S([O-])CCS(=O)(=O)[O-].[Na+]. The molecule has 1 unspecified atom stereocenters. The van der Waals surface area contributed by atoms with Crippen LogP contribution in [0.15, 0.2) is 0 Å². The van der Waals surface area contributed by atoms with E-state index in [1.54, 1.807) is 0 Å². The van der Waals surface area contributed by atoms with Gasteiger partial charge in [0.05, 0.1) is 10.1 Å². The molecule has 0 aliphatic rings. The average molecular weight is 195 g/mol. The molecule has 0 aliphatic carbocycles. The third-order valence-corrected chi connectivity index (χ3v) is 2.00. The molecule has 0 radical (unpaired) electrons. The molecule has 10 heavy (non-hydrogen) atoms. The molecule has 0 aliphatic heterocycles. The van der Waals surface area contributed by atoms with Gasteiger partial charge in [0.2, 0.25) is 0 Å². The van der Waals surface area contributed by atoms with Crippen molar-refractivity contribution < 1.29 is 51.3 Å². The molecule has 0 rings (SSSR count). The predicted octanol–water partition coefficient (Wildman–Crippen LogP) is -4.59. The van der Waals surface area contributed by atoms with Gasteiger partial charge in [0.1, 0.15) is 0 Å². The molecule has 8 heteroatoms. The van der Waals surface area contributed by atoms with Gasteiger partial charge in [-0.1, -0.05) is 11.1 Å². The zero-order chi connectivity index (χ0) is 7.49. The predicted molar refractivity (Wildman–Crippen MR) is 28.4 cm³/mol. The van der Waals surface area contributed by atoms with E-state index in [0.717, 1.165) is 0 Å². The Hall–Kier alpha value is 1.02. The molecule has 0 fully saturated rings. The van der Waals surface area contributed by atoms with Crippen LogP contribution in [0.25, 0.3) is 0 Å². The van der Waals surface area contributed by atoms with E-state index < -0.39 is 32.7 Å². The number of hydrogen-bond acceptors (Lipinski definition) is 5. The average Bonchev–Trinajstić information content (AvgIpc) is 1.59. The van der Waals surface area contributed by atoms with Gasteiger partial charge >= 0.3 is 29.6 Å². The summed E-state index contributed by atoms with van der Waals surface area (Å²) in [5.74, 6) is -1.46. The van der Waals surface area contributed by atoms with E-state index in [2.05, 4.69) is 0 Å². The summed E-state index contributed by atoms with van der Waals surface area (Å²) in [5, 5.41) is 0. The van der Waals surface area contributed by atoms with Gasteiger partial charge in [-0.05, 0) is 0 Å². The molecule has 1 atom stereocenters. The van der Waals surface area contributed by atoms with Crippen LogP contribution in [0, 0.1) is 0 Å². The summed E-state index contributed by atoms with van der Waals surface area (Å²) in [5.41, 5.74) is 0. The van der Waals surface area contributed by atoms with Gasteiger partial charge in [-0.3, -0.25) is 4.21 Å². The van der Waals surface area contributed by atoms with Crippen LogP contribution < -0.4 is 29.6 Å². The molecule has 0 saturated carbocycles. The minimum Gasteiger partial charge on any atom is -0.772 e. The first-order chi connectivity index (χ1) is 3.92. The Morgan fingerprint density at radius 3 is 1.90 bits per heavy atom. The molecule has 0 aromatic rings. The summed E-state index contributed by atoms with van der Waals surface area (Å²) in [4.78, 5) is 0. The maximum atomic E-state index is 9.71. The van der Waals surface area contributed by atoms with E-state index in [1.165, 1.54) is 0 Å². The summed E-state index contributed by atoms with van der Waals surface area (Å²) >= 11 is -2.44. The maximum absolute atomic E-state index is 9.71. The van der Waals surface area contributed by atoms with Crippen molar-refractivity contribution in [3.05, 3.63) is 0 Å². The Morgan fingerprint density at radius 1 is 1.40 bits per heavy atom. The smallest absolute Gasteiger partial charge is 0.772 e. The van der Waals surface area contributed by atoms with Gasteiger partial charge in [0.15, 0.2) is 0 Å². The van der Waals surface area contributed by atoms with E-state index in [9.17, 15) is 21.7 Å². The van der Waals surface area contributed by atoms with Crippen LogP contribution in [0.5, 0.6) is 0 Å². The van der Waals surface area contributed by atoms with Gasteiger partial charge in [0, 0.05) is 11.5 Å². The van der Waals surface area contributed by atoms with Crippen molar-refractivity contribution in [2.24, 2.45) is 0 Å².